The van der Waals surface area contributed by atoms with Crippen molar-refractivity contribution in [1.82, 2.24) is 5.16 Å². The molecular weight excluding hydrogens is 437 g/mol. The Morgan fingerprint density at radius 2 is 1.68 bits per heavy atom. The highest BCUT2D eigenvalue weighted by molar-refractivity contribution is 6.39. The number of aromatic nitrogens is 1. The van der Waals surface area contributed by atoms with Crippen molar-refractivity contribution in [2.75, 3.05) is 13.2 Å². The van der Waals surface area contributed by atoms with Crippen molar-refractivity contribution in [3.63, 3.8) is 0 Å². The first kappa shape index (κ1) is 20.5. The SMILES string of the molecule is CC1(OCc2c(-c3c(Cl)cccc3Cl)noc2C2CC2)C[C@H]2CC[C@@H](C1)C21OCCO1. The molecule has 0 N–H and O–H groups in total. The van der Waals surface area contributed by atoms with Crippen molar-refractivity contribution in [2.24, 2.45) is 11.8 Å². The molecule has 2 aromatic rings. The lowest BCUT2D eigenvalue weighted by Crippen LogP contribution is -2.52. The Morgan fingerprint density at radius 1 is 1.03 bits per heavy atom. The zero-order valence-corrected chi connectivity index (χ0v) is 19.2. The third-order valence-electron chi connectivity index (χ3n) is 7.63. The molecule has 4 aliphatic rings. The Kier molecular flexibility index (Phi) is 4.93. The summed E-state index contributed by atoms with van der Waals surface area (Å²) < 4.78 is 24.7. The van der Waals surface area contributed by atoms with Gasteiger partial charge < -0.3 is 18.7 Å². The Morgan fingerprint density at radius 3 is 2.29 bits per heavy atom. The minimum atomic E-state index is -0.366. The summed E-state index contributed by atoms with van der Waals surface area (Å²) in [6, 6.07) is 5.51. The Balaban J connectivity index is 1.28. The second kappa shape index (κ2) is 7.46. The van der Waals surface area contributed by atoms with E-state index in [9.17, 15) is 0 Å². The second-order valence-electron chi connectivity index (χ2n) is 9.78. The highest BCUT2D eigenvalue weighted by atomic mass is 35.5. The first-order valence-electron chi connectivity index (χ1n) is 11.3. The highest BCUT2D eigenvalue weighted by Gasteiger charge is 2.61. The molecule has 1 unspecified atom stereocenters. The summed E-state index contributed by atoms with van der Waals surface area (Å²) in [4.78, 5) is 0. The Labute approximate surface area is 192 Å². The van der Waals surface area contributed by atoms with Gasteiger partial charge in [0.25, 0.3) is 0 Å². The number of hydrogen-bond acceptors (Lipinski definition) is 5. The minimum Gasteiger partial charge on any atom is -0.370 e. The van der Waals surface area contributed by atoms with Crippen LogP contribution in [0.15, 0.2) is 22.7 Å². The maximum Gasteiger partial charge on any atom is 0.174 e. The van der Waals surface area contributed by atoms with Gasteiger partial charge in [0, 0.05) is 28.9 Å². The number of nitrogens with zero attached hydrogens (tertiary/aromatic N) is 1. The van der Waals surface area contributed by atoms with Crippen LogP contribution in [-0.2, 0) is 20.8 Å². The lowest BCUT2D eigenvalue weighted by molar-refractivity contribution is -0.253. The molecule has 0 amide bonds. The number of ether oxygens (including phenoxy) is 3. The predicted molar refractivity (Wildman–Crippen MR) is 117 cm³/mol. The number of halogens is 2. The fraction of sp³-hybridized carbons (Fsp3) is 0.625. The Bertz CT molecular complexity index is 959. The van der Waals surface area contributed by atoms with E-state index in [4.69, 9.17) is 41.9 Å². The fourth-order valence-electron chi connectivity index (χ4n) is 6.08. The standard InChI is InChI=1S/C24H27Cl2NO4/c1-23(11-15-7-8-16(12-23)24(15)28-9-10-29-24)30-13-17-21(27-31-22(17)14-5-6-14)20-18(25)3-2-4-19(20)26/h2-4,14-16H,5-13H2,1H3/t15-,16+,23?. The van der Waals surface area contributed by atoms with Gasteiger partial charge in [-0.15, -0.1) is 0 Å². The molecule has 5 nitrogen and oxygen atoms in total. The third-order valence-corrected chi connectivity index (χ3v) is 8.26. The molecule has 1 aromatic carbocycles. The molecule has 1 saturated heterocycles. The summed E-state index contributed by atoms with van der Waals surface area (Å²) in [5.74, 6) is 1.76. The lowest BCUT2D eigenvalue weighted by Gasteiger charge is -2.46. The van der Waals surface area contributed by atoms with Crippen LogP contribution in [0.2, 0.25) is 10.0 Å². The number of rotatable bonds is 5. The van der Waals surface area contributed by atoms with Crippen LogP contribution in [0.1, 0.15) is 62.7 Å². The summed E-state index contributed by atoms with van der Waals surface area (Å²) in [6.45, 7) is 4.08. The Hall–Kier alpha value is -1.11. The number of benzene rings is 1. The van der Waals surface area contributed by atoms with Crippen LogP contribution < -0.4 is 0 Å². The molecular formula is C24H27Cl2NO4. The number of hydrogen-bond donors (Lipinski definition) is 0. The predicted octanol–water partition coefficient (Wildman–Crippen LogP) is 6.36. The molecule has 1 aromatic heterocycles. The topological polar surface area (TPSA) is 53.7 Å². The molecule has 1 aliphatic heterocycles. The van der Waals surface area contributed by atoms with Crippen LogP contribution in [0, 0.1) is 11.8 Å². The van der Waals surface area contributed by atoms with E-state index < -0.39 is 0 Å². The third kappa shape index (κ3) is 3.36. The average molecular weight is 464 g/mol. The molecule has 166 valence electrons. The van der Waals surface area contributed by atoms with E-state index in [2.05, 4.69) is 12.1 Å². The summed E-state index contributed by atoms with van der Waals surface area (Å²) >= 11 is 13.0. The van der Waals surface area contributed by atoms with Crippen molar-refractivity contribution >= 4 is 23.2 Å². The molecule has 3 saturated carbocycles. The smallest absolute Gasteiger partial charge is 0.174 e. The summed E-state index contributed by atoms with van der Waals surface area (Å²) in [5, 5.41) is 5.54. The summed E-state index contributed by atoms with van der Waals surface area (Å²) in [7, 11) is 0. The van der Waals surface area contributed by atoms with Gasteiger partial charge in [0.15, 0.2) is 5.79 Å². The molecule has 3 atom stereocenters. The van der Waals surface area contributed by atoms with E-state index in [-0.39, 0.29) is 11.4 Å². The largest absolute Gasteiger partial charge is 0.370 e. The first-order chi connectivity index (χ1) is 15.0. The molecule has 0 radical (unpaired) electrons. The van der Waals surface area contributed by atoms with Crippen LogP contribution in [0.25, 0.3) is 11.3 Å². The van der Waals surface area contributed by atoms with Gasteiger partial charge in [0.05, 0.1) is 35.5 Å². The zero-order chi connectivity index (χ0) is 21.2. The molecule has 2 bridgehead atoms. The average Bonchev–Trinajstić information content (AvgIpc) is 3.26. The van der Waals surface area contributed by atoms with Crippen LogP contribution >= 0.6 is 23.2 Å². The van der Waals surface area contributed by atoms with Crippen molar-refractivity contribution in [1.29, 1.82) is 0 Å². The normalized spacial score (nSPS) is 31.6. The van der Waals surface area contributed by atoms with Crippen molar-refractivity contribution in [3.05, 3.63) is 39.6 Å². The van der Waals surface area contributed by atoms with E-state index in [0.717, 1.165) is 55.4 Å². The minimum absolute atomic E-state index is 0.230. The van der Waals surface area contributed by atoms with E-state index >= 15 is 0 Å². The molecule has 1 spiro atoms. The van der Waals surface area contributed by atoms with E-state index in [0.29, 0.717) is 53.3 Å². The van der Waals surface area contributed by atoms with Crippen LogP contribution in [0.3, 0.4) is 0 Å². The maximum atomic E-state index is 6.66. The molecule has 4 fully saturated rings. The molecule has 2 heterocycles. The van der Waals surface area contributed by atoms with Gasteiger partial charge >= 0.3 is 0 Å². The summed E-state index contributed by atoms with van der Waals surface area (Å²) in [5.41, 5.74) is 2.19. The zero-order valence-electron chi connectivity index (χ0n) is 17.7. The van der Waals surface area contributed by atoms with Gasteiger partial charge in [-0.3, -0.25) is 0 Å². The monoisotopic (exact) mass is 463 g/mol. The van der Waals surface area contributed by atoms with Gasteiger partial charge in [-0.25, -0.2) is 0 Å². The van der Waals surface area contributed by atoms with E-state index in [1.807, 2.05) is 18.2 Å². The lowest BCUT2D eigenvalue weighted by atomic mass is 9.74. The van der Waals surface area contributed by atoms with Crippen LogP contribution in [-0.4, -0.2) is 29.8 Å². The molecule has 31 heavy (non-hydrogen) atoms. The quantitative estimate of drug-likeness (QED) is 0.515. The van der Waals surface area contributed by atoms with Gasteiger partial charge in [-0.2, -0.15) is 0 Å². The second-order valence-corrected chi connectivity index (χ2v) is 10.6. The van der Waals surface area contributed by atoms with Crippen molar-refractivity contribution < 1.29 is 18.7 Å². The van der Waals surface area contributed by atoms with Crippen LogP contribution in [0.5, 0.6) is 0 Å². The van der Waals surface area contributed by atoms with Gasteiger partial charge in [0.1, 0.15) is 11.5 Å². The summed E-state index contributed by atoms with van der Waals surface area (Å²) in [6.07, 6.45) is 6.41. The molecule has 3 aliphatic carbocycles. The van der Waals surface area contributed by atoms with Crippen molar-refractivity contribution in [2.45, 2.75) is 69.4 Å². The van der Waals surface area contributed by atoms with Crippen LogP contribution in [0.4, 0.5) is 0 Å². The van der Waals surface area contributed by atoms with Gasteiger partial charge in [0.2, 0.25) is 0 Å². The maximum absolute atomic E-state index is 6.66. The van der Waals surface area contributed by atoms with E-state index in [1.54, 1.807) is 0 Å². The first-order valence-corrected chi connectivity index (χ1v) is 12.1. The van der Waals surface area contributed by atoms with Crippen molar-refractivity contribution in [3.8, 4) is 11.3 Å². The highest BCUT2D eigenvalue weighted by Crippen LogP contribution is 2.57. The molecule has 7 heteroatoms. The van der Waals surface area contributed by atoms with E-state index in [1.165, 1.54) is 0 Å². The fourth-order valence-corrected chi connectivity index (χ4v) is 6.66. The van der Waals surface area contributed by atoms with Gasteiger partial charge in [-0.1, -0.05) is 34.4 Å². The van der Waals surface area contributed by atoms with Gasteiger partial charge in [-0.05, 0) is 57.6 Å². The molecule has 6 rings (SSSR count).